The molecule has 0 saturated heterocycles. The predicted molar refractivity (Wildman–Crippen MR) is 80.2 cm³/mol. The van der Waals surface area contributed by atoms with Gasteiger partial charge >= 0.3 is 0 Å². The van der Waals surface area contributed by atoms with Crippen molar-refractivity contribution in [1.82, 2.24) is 9.97 Å². The van der Waals surface area contributed by atoms with E-state index >= 15 is 0 Å². The molecule has 0 radical (unpaired) electrons. The molecule has 0 aliphatic rings. The summed E-state index contributed by atoms with van der Waals surface area (Å²) >= 11 is 5.06. The summed E-state index contributed by atoms with van der Waals surface area (Å²) in [5.41, 5.74) is 3.47. The van der Waals surface area contributed by atoms with Crippen LogP contribution in [0.5, 0.6) is 0 Å². The van der Waals surface area contributed by atoms with Crippen LogP contribution in [-0.2, 0) is 6.42 Å². The lowest BCUT2D eigenvalue weighted by molar-refractivity contribution is 0.180. The zero-order valence-electron chi connectivity index (χ0n) is 9.95. The molecule has 1 aromatic carbocycles. The fourth-order valence-corrected chi connectivity index (χ4v) is 3.16. The molecule has 0 saturated carbocycles. The van der Waals surface area contributed by atoms with E-state index in [9.17, 15) is 5.11 Å². The Hall–Kier alpha value is -1.30. The van der Waals surface area contributed by atoms with Crippen molar-refractivity contribution >= 4 is 38.2 Å². The lowest BCUT2D eigenvalue weighted by Crippen LogP contribution is -2.02. The van der Waals surface area contributed by atoms with Crippen LogP contribution in [0.3, 0.4) is 0 Å². The van der Waals surface area contributed by atoms with Gasteiger partial charge in [-0.2, -0.15) is 0 Å². The molecule has 3 nitrogen and oxygen atoms in total. The molecule has 3 aromatic rings. The quantitative estimate of drug-likeness (QED) is 0.793. The normalized spacial score (nSPS) is 12.7. The van der Waals surface area contributed by atoms with Crippen LogP contribution in [0.15, 0.2) is 46.6 Å². The van der Waals surface area contributed by atoms with Gasteiger partial charge < -0.3 is 5.11 Å². The molecule has 0 aliphatic heterocycles. The van der Waals surface area contributed by atoms with Crippen LogP contribution in [0.2, 0.25) is 0 Å². The summed E-state index contributed by atoms with van der Waals surface area (Å²) in [7, 11) is 0. The van der Waals surface area contributed by atoms with Crippen LogP contribution in [-0.4, -0.2) is 15.1 Å². The van der Waals surface area contributed by atoms with Crippen molar-refractivity contribution in [3.63, 3.8) is 0 Å². The van der Waals surface area contributed by atoms with Gasteiger partial charge in [0.25, 0.3) is 0 Å². The number of rotatable bonds is 3. The van der Waals surface area contributed by atoms with Gasteiger partial charge in [0.1, 0.15) is 0 Å². The third-order valence-corrected chi connectivity index (χ3v) is 4.48. The SMILES string of the molecule is OC(Cc1cncs1)c1ccc(Br)c2cccnc12. The number of fused-ring (bicyclic) bond motifs is 1. The van der Waals surface area contributed by atoms with Crippen LogP contribution in [0.25, 0.3) is 10.9 Å². The minimum absolute atomic E-state index is 0.564. The van der Waals surface area contributed by atoms with Gasteiger partial charge in [0.15, 0.2) is 0 Å². The smallest absolute Gasteiger partial charge is 0.0859 e. The van der Waals surface area contributed by atoms with Gasteiger partial charge in [-0.05, 0) is 12.1 Å². The van der Waals surface area contributed by atoms with Crippen LogP contribution < -0.4 is 0 Å². The summed E-state index contributed by atoms with van der Waals surface area (Å²) in [4.78, 5) is 9.49. The van der Waals surface area contributed by atoms with E-state index in [4.69, 9.17) is 0 Å². The molecule has 3 rings (SSSR count). The van der Waals surface area contributed by atoms with Crippen molar-refractivity contribution in [2.24, 2.45) is 0 Å². The molecule has 96 valence electrons. The lowest BCUT2D eigenvalue weighted by atomic mass is 10.0. The maximum absolute atomic E-state index is 10.4. The summed E-state index contributed by atoms with van der Waals surface area (Å²) in [6.45, 7) is 0. The Balaban J connectivity index is 2.03. The molecule has 0 aliphatic carbocycles. The van der Waals surface area contributed by atoms with E-state index in [-0.39, 0.29) is 0 Å². The monoisotopic (exact) mass is 334 g/mol. The summed E-state index contributed by atoms with van der Waals surface area (Å²) < 4.78 is 0.990. The van der Waals surface area contributed by atoms with Crippen molar-refractivity contribution in [2.45, 2.75) is 12.5 Å². The number of thiazole rings is 1. The third-order valence-electron chi connectivity index (χ3n) is 2.98. The van der Waals surface area contributed by atoms with E-state index in [0.717, 1.165) is 25.8 Å². The number of aromatic nitrogens is 2. The average Bonchev–Trinajstić information content (AvgIpc) is 2.92. The van der Waals surface area contributed by atoms with E-state index in [2.05, 4.69) is 25.9 Å². The van der Waals surface area contributed by atoms with Crippen molar-refractivity contribution in [3.8, 4) is 0 Å². The largest absolute Gasteiger partial charge is 0.388 e. The first-order chi connectivity index (χ1) is 9.25. The Morgan fingerprint density at radius 3 is 3.00 bits per heavy atom. The molecule has 0 bridgehead atoms. The second-order valence-electron chi connectivity index (χ2n) is 4.22. The minimum atomic E-state index is -0.564. The number of hydrogen-bond donors (Lipinski definition) is 1. The number of nitrogens with zero attached hydrogens (tertiary/aromatic N) is 2. The van der Waals surface area contributed by atoms with E-state index in [0.29, 0.717) is 6.42 Å². The summed E-state index contributed by atoms with van der Waals surface area (Å²) in [5, 5.41) is 11.4. The van der Waals surface area contributed by atoms with E-state index < -0.39 is 6.10 Å². The van der Waals surface area contributed by atoms with Gasteiger partial charge in [-0.15, -0.1) is 11.3 Å². The number of halogens is 1. The fourth-order valence-electron chi connectivity index (χ4n) is 2.07. The van der Waals surface area contributed by atoms with Crippen molar-refractivity contribution in [1.29, 1.82) is 0 Å². The molecule has 5 heteroatoms. The summed E-state index contributed by atoms with van der Waals surface area (Å²) in [6, 6.07) is 7.77. The minimum Gasteiger partial charge on any atom is -0.388 e. The highest BCUT2D eigenvalue weighted by Gasteiger charge is 2.14. The van der Waals surface area contributed by atoms with Gasteiger partial charge in [0.05, 0.1) is 17.1 Å². The Morgan fingerprint density at radius 2 is 2.21 bits per heavy atom. The third kappa shape index (κ3) is 2.54. The molecule has 1 N–H and O–H groups in total. The number of pyridine rings is 1. The van der Waals surface area contributed by atoms with Crippen LogP contribution in [0, 0.1) is 0 Å². The van der Waals surface area contributed by atoms with Crippen molar-refractivity contribution in [2.75, 3.05) is 0 Å². The van der Waals surface area contributed by atoms with Crippen LogP contribution in [0.1, 0.15) is 16.5 Å². The Kier molecular flexibility index (Phi) is 3.59. The van der Waals surface area contributed by atoms with Crippen molar-refractivity contribution < 1.29 is 5.11 Å². The second kappa shape index (κ2) is 5.36. The van der Waals surface area contributed by atoms with Gasteiger partial charge in [-0.1, -0.05) is 28.1 Å². The molecule has 2 heterocycles. The van der Waals surface area contributed by atoms with Gasteiger partial charge in [-0.3, -0.25) is 9.97 Å². The first-order valence-corrected chi connectivity index (χ1v) is 7.51. The maximum atomic E-state index is 10.4. The first kappa shape index (κ1) is 12.7. The predicted octanol–water partition coefficient (Wildman–Crippen LogP) is 3.73. The average molecular weight is 335 g/mol. The first-order valence-electron chi connectivity index (χ1n) is 5.84. The number of benzene rings is 1. The molecule has 2 aromatic heterocycles. The van der Waals surface area contributed by atoms with E-state index in [1.807, 2.05) is 24.3 Å². The van der Waals surface area contributed by atoms with Gasteiger partial charge in [0, 0.05) is 39.1 Å². The molecule has 1 atom stereocenters. The maximum Gasteiger partial charge on any atom is 0.0859 e. The van der Waals surface area contributed by atoms with Gasteiger partial charge in [-0.25, -0.2) is 0 Å². The van der Waals surface area contributed by atoms with Gasteiger partial charge in [0.2, 0.25) is 0 Å². The summed E-state index contributed by atoms with van der Waals surface area (Å²) in [6.07, 6.45) is 3.55. The van der Waals surface area contributed by atoms with E-state index in [1.54, 1.807) is 29.2 Å². The van der Waals surface area contributed by atoms with Crippen LogP contribution in [0.4, 0.5) is 0 Å². The molecular formula is C14H11BrN2OS. The Morgan fingerprint density at radius 1 is 1.32 bits per heavy atom. The lowest BCUT2D eigenvalue weighted by Gasteiger charge is -2.12. The topological polar surface area (TPSA) is 46.0 Å². The van der Waals surface area contributed by atoms with E-state index in [1.165, 1.54) is 0 Å². The standard InChI is InChI=1S/C14H11BrN2OS/c15-12-4-3-11(14-10(12)2-1-5-17-14)13(18)6-9-7-16-8-19-9/h1-5,7-8,13,18H,6H2. The zero-order valence-corrected chi connectivity index (χ0v) is 12.4. The molecule has 19 heavy (non-hydrogen) atoms. The number of hydrogen-bond acceptors (Lipinski definition) is 4. The summed E-state index contributed by atoms with van der Waals surface area (Å²) in [5.74, 6) is 0. The van der Waals surface area contributed by atoms with Crippen molar-refractivity contribution in [3.05, 3.63) is 57.1 Å². The molecule has 0 fully saturated rings. The highest BCUT2D eigenvalue weighted by molar-refractivity contribution is 9.10. The molecular weight excluding hydrogens is 324 g/mol. The highest BCUT2D eigenvalue weighted by atomic mass is 79.9. The highest BCUT2D eigenvalue weighted by Crippen LogP contribution is 2.30. The molecule has 0 spiro atoms. The molecule has 1 unspecified atom stereocenters. The number of aliphatic hydroxyl groups is 1. The zero-order chi connectivity index (χ0) is 13.2. The van der Waals surface area contributed by atoms with Crippen LogP contribution >= 0.6 is 27.3 Å². The molecule has 0 amide bonds. The Labute approximate surface area is 123 Å². The second-order valence-corrected chi connectivity index (χ2v) is 6.05. The fraction of sp³-hybridized carbons (Fsp3) is 0.143. The Bertz CT molecular complexity index is 700. The number of aliphatic hydroxyl groups excluding tert-OH is 1.